The lowest BCUT2D eigenvalue weighted by molar-refractivity contribution is 0.0889. The molecule has 2 rings (SSSR count). The molecule has 1 fully saturated rings. The van der Waals surface area contributed by atoms with Crippen molar-refractivity contribution in [3.8, 4) is 0 Å². The van der Waals surface area contributed by atoms with Gasteiger partial charge in [-0.3, -0.25) is 4.79 Å². The molecule has 0 amide bonds. The fourth-order valence-electron chi connectivity index (χ4n) is 1.76. The lowest BCUT2D eigenvalue weighted by Crippen LogP contribution is -2.32. The number of hydrogen-bond acceptors (Lipinski definition) is 4. The van der Waals surface area contributed by atoms with Crippen LogP contribution in [0.2, 0.25) is 5.15 Å². The topological polar surface area (TPSA) is 54.9 Å². The van der Waals surface area contributed by atoms with E-state index >= 15 is 0 Å². The lowest BCUT2D eigenvalue weighted by atomic mass is 9.92. The predicted octanol–water partition coefficient (Wildman–Crippen LogP) is 1.73. The van der Waals surface area contributed by atoms with E-state index in [1.54, 1.807) is 0 Å². The van der Waals surface area contributed by atoms with Gasteiger partial charge < -0.3 is 5.32 Å². The molecule has 0 aliphatic carbocycles. The van der Waals surface area contributed by atoms with Crippen LogP contribution in [0.4, 0.5) is 0 Å². The second kappa shape index (κ2) is 6.13. The normalized spacial score (nSPS) is 16.6. The summed E-state index contributed by atoms with van der Waals surface area (Å²) in [6.07, 6.45) is 3.08. The molecule has 0 atom stereocenters. The van der Waals surface area contributed by atoms with E-state index in [-0.39, 0.29) is 24.1 Å². The number of halogens is 2. The van der Waals surface area contributed by atoms with Crippen molar-refractivity contribution < 1.29 is 4.79 Å². The molecule has 6 heteroatoms. The van der Waals surface area contributed by atoms with Gasteiger partial charge in [0.2, 0.25) is 0 Å². The molecule has 88 valence electrons. The van der Waals surface area contributed by atoms with Crippen molar-refractivity contribution in [3.05, 3.63) is 23.2 Å². The quantitative estimate of drug-likeness (QED) is 0.651. The van der Waals surface area contributed by atoms with Crippen LogP contribution in [0, 0.1) is 5.92 Å². The average molecular weight is 262 g/mol. The van der Waals surface area contributed by atoms with Crippen LogP contribution < -0.4 is 5.32 Å². The summed E-state index contributed by atoms with van der Waals surface area (Å²) in [5, 5.41) is 3.54. The van der Waals surface area contributed by atoms with Crippen LogP contribution in [0.1, 0.15) is 23.3 Å². The van der Waals surface area contributed by atoms with Gasteiger partial charge in [-0.1, -0.05) is 11.6 Å². The highest BCUT2D eigenvalue weighted by molar-refractivity contribution is 6.29. The molecule has 0 spiro atoms. The third kappa shape index (κ3) is 3.14. The summed E-state index contributed by atoms with van der Waals surface area (Å²) in [6.45, 7) is 1.80. The van der Waals surface area contributed by atoms with Gasteiger partial charge >= 0.3 is 0 Å². The zero-order valence-electron chi connectivity index (χ0n) is 8.65. The third-order valence-corrected chi connectivity index (χ3v) is 2.80. The highest BCUT2D eigenvalue weighted by atomic mass is 35.5. The summed E-state index contributed by atoms with van der Waals surface area (Å²) in [5.41, 5.74) is 0.432. The average Bonchev–Trinajstić information content (AvgIpc) is 2.29. The summed E-state index contributed by atoms with van der Waals surface area (Å²) in [6, 6.07) is 1.53. The molecule has 0 saturated carbocycles. The van der Waals surface area contributed by atoms with E-state index in [4.69, 9.17) is 11.6 Å². The molecule has 4 nitrogen and oxygen atoms in total. The Hall–Kier alpha value is -0.710. The number of piperidine rings is 1. The second-order valence-electron chi connectivity index (χ2n) is 3.61. The molecular formula is C10H13Cl2N3O. The number of carbonyl (C=O) groups excluding carboxylic acids is 1. The third-order valence-electron chi connectivity index (χ3n) is 2.60. The molecule has 1 saturated heterocycles. The van der Waals surface area contributed by atoms with Crippen LogP contribution in [0.15, 0.2) is 12.4 Å². The maximum atomic E-state index is 12.0. The Morgan fingerprint density at radius 3 is 2.69 bits per heavy atom. The lowest BCUT2D eigenvalue weighted by Gasteiger charge is -2.20. The van der Waals surface area contributed by atoms with E-state index in [1.165, 1.54) is 12.4 Å². The Balaban J connectivity index is 0.00000128. The first-order valence-electron chi connectivity index (χ1n) is 5.00. The second-order valence-corrected chi connectivity index (χ2v) is 4.00. The zero-order chi connectivity index (χ0) is 10.7. The van der Waals surface area contributed by atoms with E-state index in [0.717, 1.165) is 25.9 Å². The number of aromatic nitrogens is 2. The number of nitrogens with zero attached hydrogens (tertiary/aromatic N) is 2. The summed E-state index contributed by atoms with van der Waals surface area (Å²) in [4.78, 5) is 19.7. The predicted molar refractivity (Wildman–Crippen MR) is 64.2 cm³/mol. The van der Waals surface area contributed by atoms with Crippen LogP contribution in [0.5, 0.6) is 0 Å². The molecule has 1 aliphatic rings. The molecule has 0 bridgehead atoms. The van der Waals surface area contributed by atoms with Gasteiger partial charge in [0.05, 0.1) is 0 Å². The minimum atomic E-state index is 0. The number of nitrogens with one attached hydrogen (secondary N) is 1. The van der Waals surface area contributed by atoms with Gasteiger partial charge in [0.15, 0.2) is 5.78 Å². The van der Waals surface area contributed by atoms with Crippen molar-refractivity contribution in [2.75, 3.05) is 13.1 Å². The monoisotopic (exact) mass is 261 g/mol. The molecule has 0 radical (unpaired) electrons. The highest BCUT2D eigenvalue weighted by Gasteiger charge is 2.23. The summed E-state index contributed by atoms with van der Waals surface area (Å²) < 4.78 is 0. The molecule has 1 aromatic rings. The van der Waals surface area contributed by atoms with Gasteiger partial charge in [0.25, 0.3) is 0 Å². The largest absolute Gasteiger partial charge is 0.317 e. The fraction of sp³-hybridized carbons (Fsp3) is 0.500. The van der Waals surface area contributed by atoms with Gasteiger partial charge in [-0.15, -0.1) is 12.4 Å². The number of ketones is 1. The SMILES string of the molecule is Cl.O=C(c1cc(Cl)ncn1)C1CCNCC1. The van der Waals surface area contributed by atoms with Gasteiger partial charge in [-0.25, -0.2) is 9.97 Å². The maximum absolute atomic E-state index is 12.0. The van der Waals surface area contributed by atoms with E-state index in [9.17, 15) is 4.79 Å². The Kier molecular flexibility index (Phi) is 5.12. The number of rotatable bonds is 2. The molecule has 0 aromatic carbocycles. The highest BCUT2D eigenvalue weighted by Crippen LogP contribution is 2.17. The summed E-state index contributed by atoms with van der Waals surface area (Å²) >= 11 is 5.71. The first kappa shape index (κ1) is 13.4. The molecule has 1 N–H and O–H groups in total. The van der Waals surface area contributed by atoms with Crippen molar-refractivity contribution in [2.24, 2.45) is 5.92 Å². The van der Waals surface area contributed by atoms with E-state index in [0.29, 0.717) is 10.8 Å². The first-order chi connectivity index (χ1) is 7.27. The number of carbonyl (C=O) groups is 1. The Morgan fingerprint density at radius 2 is 2.06 bits per heavy atom. The van der Waals surface area contributed by atoms with Crippen LogP contribution in [-0.4, -0.2) is 28.8 Å². The van der Waals surface area contributed by atoms with Gasteiger partial charge in [0, 0.05) is 12.0 Å². The van der Waals surface area contributed by atoms with Crippen molar-refractivity contribution in [3.63, 3.8) is 0 Å². The van der Waals surface area contributed by atoms with Crippen LogP contribution in [-0.2, 0) is 0 Å². The van der Waals surface area contributed by atoms with Crippen molar-refractivity contribution in [1.82, 2.24) is 15.3 Å². The minimum absolute atomic E-state index is 0. The van der Waals surface area contributed by atoms with Crippen LogP contribution >= 0.6 is 24.0 Å². The maximum Gasteiger partial charge on any atom is 0.184 e. The minimum Gasteiger partial charge on any atom is -0.317 e. The molecule has 0 unspecified atom stereocenters. The van der Waals surface area contributed by atoms with Gasteiger partial charge in [-0.05, 0) is 25.9 Å². The van der Waals surface area contributed by atoms with Crippen molar-refractivity contribution >= 4 is 29.8 Å². The molecule has 1 aliphatic heterocycles. The molecule has 1 aromatic heterocycles. The van der Waals surface area contributed by atoms with Gasteiger partial charge in [0.1, 0.15) is 17.2 Å². The number of hydrogen-bond donors (Lipinski definition) is 1. The molecule has 2 heterocycles. The Labute approximate surface area is 105 Å². The van der Waals surface area contributed by atoms with Crippen LogP contribution in [0.3, 0.4) is 0 Å². The summed E-state index contributed by atoms with van der Waals surface area (Å²) in [5.74, 6) is 0.165. The van der Waals surface area contributed by atoms with Crippen molar-refractivity contribution in [1.29, 1.82) is 0 Å². The molecule has 16 heavy (non-hydrogen) atoms. The standard InChI is InChI=1S/C10H12ClN3O.ClH/c11-9-5-8(13-6-14-9)10(15)7-1-3-12-4-2-7;/h5-7,12H,1-4H2;1H. The van der Waals surface area contributed by atoms with E-state index in [1.807, 2.05) is 0 Å². The number of Topliss-reactive ketones (excluding diaryl/α,β-unsaturated/α-hetero) is 1. The van der Waals surface area contributed by atoms with E-state index < -0.39 is 0 Å². The molecular weight excluding hydrogens is 249 g/mol. The van der Waals surface area contributed by atoms with Gasteiger partial charge in [-0.2, -0.15) is 0 Å². The zero-order valence-corrected chi connectivity index (χ0v) is 10.2. The van der Waals surface area contributed by atoms with Crippen molar-refractivity contribution in [2.45, 2.75) is 12.8 Å². The Morgan fingerprint density at radius 1 is 1.38 bits per heavy atom. The first-order valence-corrected chi connectivity index (χ1v) is 5.37. The fourth-order valence-corrected chi connectivity index (χ4v) is 1.91. The van der Waals surface area contributed by atoms with E-state index in [2.05, 4.69) is 15.3 Å². The van der Waals surface area contributed by atoms with Crippen LogP contribution in [0.25, 0.3) is 0 Å². The Bertz CT molecular complexity index is 367. The smallest absolute Gasteiger partial charge is 0.184 e. The summed E-state index contributed by atoms with van der Waals surface area (Å²) in [7, 11) is 0.